The van der Waals surface area contributed by atoms with Gasteiger partial charge in [-0.2, -0.15) is 5.10 Å². The zero-order valence-electron chi connectivity index (χ0n) is 10.5. The van der Waals surface area contributed by atoms with Gasteiger partial charge in [0.25, 0.3) is 0 Å². The monoisotopic (exact) mass is 234 g/mol. The van der Waals surface area contributed by atoms with Crippen molar-refractivity contribution in [1.82, 2.24) is 20.1 Å². The van der Waals surface area contributed by atoms with Gasteiger partial charge < -0.3 is 9.73 Å². The molecule has 0 bridgehead atoms. The molecule has 0 fully saturated rings. The molecule has 2 heterocycles. The summed E-state index contributed by atoms with van der Waals surface area (Å²) >= 11 is 0. The van der Waals surface area contributed by atoms with Gasteiger partial charge in [0.1, 0.15) is 17.9 Å². The Labute approximate surface area is 101 Å². The topological polar surface area (TPSA) is 55.9 Å². The van der Waals surface area contributed by atoms with Crippen molar-refractivity contribution < 1.29 is 4.42 Å². The number of aryl methyl sites for hydroxylation is 2. The lowest BCUT2D eigenvalue weighted by Crippen LogP contribution is -2.21. The smallest absolute Gasteiger partial charge is 0.138 e. The minimum Gasteiger partial charge on any atom is -0.469 e. The van der Waals surface area contributed by atoms with Crippen LogP contribution in [-0.4, -0.2) is 21.8 Å². The Morgan fingerprint density at radius 1 is 1.53 bits per heavy atom. The molecule has 0 radical (unpaired) electrons. The summed E-state index contributed by atoms with van der Waals surface area (Å²) in [5.74, 6) is 1.94. The Morgan fingerprint density at radius 3 is 2.94 bits per heavy atom. The molecule has 1 unspecified atom stereocenters. The van der Waals surface area contributed by atoms with Gasteiger partial charge in [-0.05, 0) is 27.0 Å². The van der Waals surface area contributed by atoms with E-state index in [1.54, 1.807) is 12.6 Å². The molecule has 0 aliphatic heterocycles. The van der Waals surface area contributed by atoms with Crippen molar-refractivity contribution in [2.75, 3.05) is 7.05 Å². The number of aromatic nitrogens is 3. The van der Waals surface area contributed by atoms with Crippen molar-refractivity contribution in [3.8, 4) is 0 Å². The lowest BCUT2D eigenvalue weighted by molar-refractivity contribution is 0.499. The third-order valence-electron chi connectivity index (χ3n) is 3.00. The molecule has 2 rings (SSSR count). The van der Waals surface area contributed by atoms with Gasteiger partial charge in [0.2, 0.25) is 0 Å². The first-order chi connectivity index (χ1) is 8.26. The SMILES string of the molecule is CCn1ncnc1CC(NC)c1ccoc1C. The second-order valence-electron chi connectivity index (χ2n) is 3.97. The molecule has 0 saturated carbocycles. The highest BCUT2D eigenvalue weighted by Crippen LogP contribution is 2.21. The van der Waals surface area contributed by atoms with Gasteiger partial charge in [-0.25, -0.2) is 4.98 Å². The molecular formula is C12H18N4O. The third kappa shape index (κ3) is 2.39. The van der Waals surface area contributed by atoms with Gasteiger partial charge in [-0.3, -0.25) is 4.68 Å². The fourth-order valence-corrected chi connectivity index (χ4v) is 2.02. The van der Waals surface area contributed by atoms with E-state index in [9.17, 15) is 0 Å². The summed E-state index contributed by atoms with van der Waals surface area (Å²) in [6.45, 7) is 4.88. The molecule has 0 saturated heterocycles. The van der Waals surface area contributed by atoms with Crippen LogP contribution >= 0.6 is 0 Å². The van der Waals surface area contributed by atoms with Crippen LogP contribution < -0.4 is 5.32 Å². The Kier molecular flexibility index (Phi) is 3.58. The van der Waals surface area contributed by atoms with Crippen LogP contribution in [0.3, 0.4) is 0 Å². The standard InChI is InChI=1S/C12H18N4O/c1-4-16-12(14-8-15-16)7-11(13-3)10-5-6-17-9(10)2/h5-6,8,11,13H,4,7H2,1-3H3. The normalized spacial score (nSPS) is 12.9. The maximum absolute atomic E-state index is 5.34. The highest BCUT2D eigenvalue weighted by atomic mass is 16.3. The third-order valence-corrected chi connectivity index (χ3v) is 3.00. The predicted octanol–water partition coefficient (Wildman–Crippen LogP) is 1.70. The average molecular weight is 234 g/mol. The van der Waals surface area contributed by atoms with Crippen LogP contribution in [0.5, 0.6) is 0 Å². The van der Waals surface area contributed by atoms with Crippen LogP contribution in [0.25, 0.3) is 0 Å². The summed E-state index contributed by atoms with van der Waals surface area (Å²) in [6, 6.07) is 2.21. The fraction of sp³-hybridized carbons (Fsp3) is 0.500. The summed E-state index contributed by atoms with van der Waals surface area (Å²) in [6.07, 6.45) is 4.14. The first kappa shape index (κ1) is 11.9. The predicted molar refractivity (Wildman–Crippen MR) is 64.6 cm³/mol. The van der Waals surface area contributed by atoms with Gasteiger partial charge in [0.05, 0.1) is 6.26 Å². The molecule has 92 valence electrons. The quantitative estimate of drug-likeness (QED) is 0.855. The van der Waals surface area contributed by atoms with E-state index >= 15 is 0 Å². The Bertz CT molecular complexity index is 474. The van der Waals surface area contributed by atoms with E-state index in [1.807, 2.05) is 24.7 Å². The molecule has 5 nitrogen and oxygen atoms in total. The van der Waals surface area contributed by atoms with Gasteiger partial charge in [-0.15, -0.1) is 0 Å². The van der Waals surface area contributed by atoms with E-state index < -0.39 is 0 Å². The van der Waals surface area contributed by atoms with Gasteiger partial charge in [-0.1, -0.05) is 0 Å². The molecule has 2 aromatic rings. The molecular weight excluding hydrogens is 216 g/mol. The first-order valence-electron chi connectivity index (χ1n) is 5.84. The van der Waals surface area contributed by atoms with Crippen LogP contribution in [0, 0.1) is 6.92 Å². The number of rotatable bonds is 5. The number of hydrogen-bond acceptors (Lipinski definition) is 4. The lowest BCUT2D eigenvalue weighted by Gasteiger charge is -2.15. The number of furan rings is 1. The average Bonchev–Trinajstić information content (AvgIpc) is 2.94. The van der Waals surface area contributed by atoms with Crippen molar-refractivity contribution in [3.05, 3.63) is 35.8 Å². The second-order valence-corrected chi connectivity index (χ2v) is 3.97. The summed E-state index contributed by atoms with van der Waals surface area (Å²) < 4.78 is 7.26. The summed E-state index contributed by atoms with van der Waals surface area (Å²) in [4.78, 5) is 4.30. The van der Waals surface area contributed by atoms with E-state index in [-0.39, 0.29) is 6.04 Å². The highest BCUT2D eigenvalue weighted by molar-refractivity contribution is 5.21. The maximum Gasteiger partial charge on any atom is 0.138 e. The fourth-order valence-electron chi connectivity index (χ4n) is 2.02. The van der Waals surface area contributed by atoms with Crippen LogP contribution in [0.15, 0.2) is 23.1 Å². The second kappa shape index (κ2) is 5.14. The van der Waals surface area contributed by atoms with E-state index in [1.165, 1.54) is 5.56 Å². The van der Waals surface area contributed by atoms with Gasteiger partial charge in [0, 0.05) is 24.6 Å². The minimum atomic E-state index is 0.211. The Hall–Kier alpha value is -1.62. The number of likely N-dealkylation sites (N-methyl/N-ethyl adjacent to an activating group) is 1. The van der Waals surface area contributed by atoms with Crippen molar-refractivity contribution in [1.29, 1.82) is 0 Å². The number of nitrogens with one attached hydrogen (secondary N) is 1. The summed E-state index contributed by atoms with van der Waals surface area (Å²) in [5.41, 5.74) is 1.18. The molecule has 1 atom stereocenters. The van der Waals surface area contributed by atoms with Crippen LogP contribution in [0.2, 0.25) is 0 Å². The van der Waals surface area contributed by atoms with Crippen molar-refractivity contribution in [2.45, 2.75) is 32.9 Å². The molecule has 0 amide bonds. The van der Waals surface area contributed by atoms with E-state index in [0.717, 1.165) is 24.6 Å². The van der Waals surface area contributed by atoms with Gasteiger partial charge in [0.15, 0.2) is 0 Å². The molecule has 5 heteroatoms. The van der Waals surface area contributed by atoms with Crippen LogP contribution in [-0.2, 0) is 13.0 Å². The first-order valence-corrected chi connectivity index (χ1v) is 5.84. The molecule has 0 aliphatic rings. The molecule has 1 N–H and O–H groups in total. The van der Waals surface area contributed by atoms with E-state index in [2.05, 4.69) is 22.3 Å². The van der Waals surface area contributed by atoms with Crippen LogP contribution in [0.1, 0.15) is 30.1 Å². The number of nitrogens with zero attached hydrogens (tertiary/aromatic N) is 3. The lowest BCUT2D eigenvalue weighted by atomic mass is 10.0. The molecule has 17 heavy (non-hydrogen) atoms. The summed E-state index contributed by atoms with van der Waals surface area (Å²) in [5, 5.41) is 7.47. The zero-order valence-corrected chi connectivity index (χ0v) is 10.5. The largest absolute Gasteiger partial charge is 0.469 e. The minimum absolute atomic E-state index is 0.211. The summed E-state index contributed by atoms with van der Waals surface area (Å²) in [7, 11) is 1.95. The zero-order chi connectivity index (χ0) is 12.3. The van der Waals surface area contributed by atoms with Crippen molar-refractivity contribution in [2.24, 2.45) is 0 Å². The molecule has 0 aromatic carbocycles. The molecule has 2 aromatic heterocycles. The van der Waals surface area contributed by atoms with E-state index in [4.69, 9.17) is 4.42 Å². The van der Waals surface area contributed by atoms with Crippen LogP contribution in [0.4, 0.5) is 0 Å². The van der Waals surface area contributed by atoms with Gasteiger partial charge >= 0.3 is 0 Å². The Balaban J connectivity index is 2.19. The molecule has 0 spiro atoms. The van der Waals surface area contributed by atoms with Crippen molar-refractivity contribution in [3.63, 3.8) is 0 Å². The number of hydrogen-bond donors (Lipinski definition) is 1. The van der Waals surface area contributed by atoms with Crippen molar-refractivity contribution >= 4 is 0 Å². The van der Waals surface area contributed by atoms with E-state index in [0.29, 0.717) is 0 Å². The maximum atomic E-state index is 5.34. The molecule has 0 aliphatic carbocycles. The Morgan fingerprint density at radius 2 is 2.35 bits per heavy atom. The highest BCUT2D eigenvalue weighted by Gasteiger charge is 2.17.